The van der Waals surface area contributed by atoms with E-state index in [1.807, 2.05) is 10.8 Å². The number of methoxy groups -OCH3 is 1. The third-order valence-electron chi connectivity index (χ3n) is 2.74. The van der Waals surface area contributed by atoms with Gasteiger partial charge in [-0.2, -0.15) is 0 Å². The van der Waals surface area contributed by atoms with Crippen molar-refractivity contribution in [2.45, 2.75) is 26.1 Å². The van der Waals surface area contributed by atoms with E-state index in [0.717, 1.165) is 6.54 Å². The van der Waals surface area contributed by atoms with Gasteiger partial charge in [0, 0.05) is 25.0 Å². The van der Waals surface area contributed by atoms with E-state index in [1.54, 1.807) is 18.6 Å². The number of nitrogens with zero attached hydrogens (tertiary/aromatic N) is 2. The molecule has 0 saturated heterocycles. The predicted molar refractivity (Wildman–Crippen MR) is 68.6 cm³/mol. The summed E-state index contributed by atoms with van der Waals surface area (Å²) < 4.78 is 11.9. The second-order valence-corrected chi connectivity index (χ2v) is 4.33. The maximum Gasteiger partial charge on any atom is 0.341 e. The number of aromatic nitrogens is 2. The molecule has 2 rings (SSSR count). The molecule has 0 saturated carbocycles. The van der Waals surface area contributed by atoms with Gasteiger partial charge in [0.2, 0.25) is 0 Å². The van der Waals surface area contributed by atoms with Crippen molar-refractivity contribution in [1.29, 1.82) is 0 Å². The Labute approximate surface area is 111 Å². The van der Waals surface area contributed by atoms with Crippen LogP contribution in [0.5, 0.6) is 0 Å². The minimum atomic E-state index is -0.388. The average Bonchev–Trinajstić information content (AvgIpc) is 3.06. The standard InChI is InChI=1S/C13H17N3O3/c1-10(7-16-4-3-14-9-16)15-6-12-5-11(8-19-12)13(17)18-2/h3-5,8-10,15H,6-7H2,1-2H3. The van der Waals surface area contributed by atoms with Crippen LogP contribution in [0, 0.1) is 0 Å². The van der Waals surface area contributed by atoms with E-state index in [2.05, 4.69) is 22.0 Å². The topological polar surface area (TPSA) is 69.3 Å². The summed E-state index contributed by atoms with van der Waals surface area (Å²) >= 11 is 0. The molecule has 19 heavy (non-hydrogen) atoms. The van der Waals surface area contributed by atoms with E-state index in [-0.39, 0.29) is 12.0 Å². The number of ether oxygens (including phenoxy) is 1. The SMILES string of the molecule is COC(=O)c1coc(CNC(C)Cn2ccnc2)c1. The van der Waals surface area contributed by atoms with E-state index >= 15 is 0 Å². The number of rotatable bonds is 6. The molecule has 2 aromatic heterocycles. The Hall–Kier alpha value is -2.08. The number of hydrogen-bond acceptors (Lipinski definition) is 5. The van der Waals surface area contributed by atoms with Crippen LogP contribution in [0.15, 0.2) is 35.5 Å². The molecule has 1 atom stereocenters. The van der Waals surface area contributed by atoms with Crippen LogP contribution in [0.4, 0.5) is 0 Å². The molecule has 0 aromatic carbocycles. The number of hydrogen-bond donors (Lipinski definition) is 1. The molecule has 0 aliphatic carbocycles. The van der Waals surface area contributed by atoms with E-state index in [0.29, 0.717) is 17.9 Å². The van der Waals surface area contributed by atoms with Crippen LogP contribution in [0.1, 0.15) is 23.0 Å². The normalized spacial score (nSPS) is 12.3. The minimum absolute atomic E-state index is 0.265. The Kier molecular flexibility index (Phi) is 4.35. The van der Waals surface area contributed by atoms with Crippen molar-refractivity contribution in [1.82, 2.24) is 14.9 Å². The maximum absolute atomic E-state index is 11.3. The molecule has 0 fully saturated rings. The molecule has 0 aliphatic heterocycles. The smallest absolute Gasteiger partial charge is 0.341 e. The lowest BCUT2D eigenvalue weighted by atomic mass is 10.3. The zero-order chi connectivity index (χ0) is 13.7. The first-order valence-corrected chi connectivity index (χ1v) is 6.04. The highest BCUT2D eigenvalue weighted by Crippen LogP contribution is 2.09. The minimum Gasteiger partial charge on any atom is -0.467 e. The molecule has 0 bridgehead atoms. The van der Waals surface area contributed by atoms with Gasteiger partial charge in [-0.25, -0.2) is 9.78 Å². The van der Waals surface area contributed by atoms with Gasteiger partial charge in [0.25, 0.3) is 0 Å². The molecular weight excluding hydrogens is 246 g/mol. The molecule has 6 nitrogen and oxygen atoms in total. The Bertz CT molecular complexity index is 519. The molecule has 1 unspecified atom stereocenters. The summed E-state index contributed by atoms with van der Waals surface area (Å²) in [6, 6.07) is 1.95. The van der Waals surface area contributed by atoms with Gasteiger partial charge < -0.3 is 19.0 Å². The zero-order valence-electron chi connectivity index (χ0n) is 11.0. The van der Waals surface area contributed by atoms with E-state index in [1.165, 1.54) is 13.4 Å². The number of esters is 1. The third-order valence-corrected chi connectivity index (χ3v) is 2.74. The first-order chi connectivity index (χ1) is 9.19. The number of nitrogens with one attached hydrogen (secondary N) is 1. The molecule has 0 radical (unpaired) electrons. The quantitative estimate of drug-likeness (QED) is 0.799. The summed E-state index contributed by atoms with van der Waals surface area (Å²) in [5.41, 5.74) is 0.432. The molecule has 1 N–H and O–H groups in total. The van der Waals surface area contributed by atoms with Crippen LogP contribution >= 0.6 is 0 Å². The van der Waals surface area contributed by atoms with Gasteiger partial charge in [-0.1, -0.05) is 0 Å². The second-order valence-electron chi connectivity index (χ2n) is 4.33. The van der Waals surface area contributed by atoms with Gasteiger partial charge in [0.05, 0.1) is 25.5 Å². The summed E-state index contributed by atoms with van der Waals surface area (Å²) in [4.78, 5) is 15.3. The fraction of sp³-hybridized carbons (Fsp3) is 0.385. The van der Waals surface area contributed by atoms with Gasteiger partial charge in [-0.15, -0.1) is 0 Å². The van der Waals surface area contributed by atoms with Gasteiger partial charge in [-0.3, -0.25) is 0 Å². The van der Waals surface area contributed by atoms with Crippen LogP contribution in [-0.4, -0.2) is 28.7 Å². The van der Waals surface area contributed by atoms with E-state index < -0.39 is 0 Å². The fourth-order valence-corrected chi connectivity index (χ4v) is 1.75. The van der Waals surface area contributed by atoms with Gasteiger partial charge in [-0.05, 0) is 13.0 Å². The molecule has 2 aromatic rings. The summed E-state index contributed by atoms with van der Waals surface area (Å²) in [6.07, 6.45) is 6.85. The van der Waals surface area contributed by atoms with Crippen molar-refractivity contribution in [3.05, 3.63) is 42.4 Å². The Morgan fingerprint density at radius 1 is 1.63 bits per heavy atom. The molecule has 0 amide bonds. The largest absolute Gasteiger partial charge is 0.467 e. The van der Waals surface area contributed by atoms with E-state index in [9.17, 15) is 4.79 Å². The van der Waals surface area contributed by atoms with Crippen molar-refractivity contribution in [3.8, 4) is 0 Å². The van der Waals surface area contributed by atoms with Crippen LogP contribution in [0.2, 0.25) is 0 Å². The van der Waals surface area contributed by atoms with Crippen LogP contribution in [0.25, 0.3) is 0 Å². The first kappa shape index (κ1) is 13.4. The molecule has 6 heteroatoms. The Morgan fingerprint density at radius 2 is 2.47 bits per heavy atom. The summed E-state index contributed by atoms with van der Waals surface area (Å²) in [7, 11) is 1.35. The van der Waals surface area contributed by atoms with Crippen molar-refractivity contribution >= 4 is 5.97 Å². The lowest BCUT2D eigenvalue weighted by Gasteiger charge is -2.13. The van der Waals surface area contributed by atoms with Gasteiger partial charge in [0.15, 0.2) is 0 Å². The van der Waals surface area contributed by atoms with Crippen molar-refractivity contribution in [2.24, 2.45) is 0 Å². The fourth-order valence-electron chi connectivity index (χ4n) is 1.75. The van der Waals surface area contributed by atoms with Gasteiger partial charge >= 0.3 is 5.97 Å². The average molecular weight is 263 g/mol. The third kappa shape index (κ3) is 3.69. The predicted octanol–water partition coefficient (Wildman–Crippen LogP) is 1.44. The number of imidazole rings is 1. The Morgan fingerprint density at radius 3 is 3.16 bits per heavy atom. The van der Waals surface area contributed by atoms with Crippen molar-refractivity contribution in [3.63, 3.8) is 0 Å². The zero-order valence-corrected chi connectivity index (χ0v) is 11.0. The highest BCUT2D eigenvalue weighted by Gasteiger charge is 2.10. The first-order valence-electron chi connectivity index (χ1n) is 6.04. The van der Waals surface area contributed by atoms with Crippen LogP contribution in [0.3, 0.4) is 0 Å². The monoisotopic (exact) mass is 263 g/mol. The van der Waals surface area contributed by atoms with Crippen molar-refractivity contribution in [2.75, 3.05) is 7.11 Å². The lowest BCUT2D eigenvalue weighted by Crippen LogP contribution is -2.29. The van der Waals surface area contributed by atoms with Crippen LogP contribution < -0.4 is 5.32 Å². The lowest BCUT2D eigenvalue weighted by molar-refractivity contribution is 0.0600. The summed E-state index contributed by atoms with van der Waals surface area (Å²) in [5, 5.41) is 3.31. The number of carbonyl (C=O) groups excluding carboxylic acids is 1. The molecule has 102 valence electrons. The molecule has 2 heterocycles. The Balaban J connectivity index is 1.81. The van der Waals surface area contributed by atoms with Crippen molar-refractivity contribution < 1.29 is 13.9 Å². The second kappa shape index (κ2) is 6.19. The summed E-state index contributed by atoms with van der Waals surface area (Å²) in [5.74, 6) is 0.319. The van der Waals surface area contributed by atoms with Gasteiger partial charge in [0.1, 0.15) is 12.0 Å². The maximum atomic E-state index is 11.3. The molecule has 0 spiro atoms. The van der Waals surface area contributed by atoms with E-state index in [4.69, 9.17) is 4.42 Å². The number of carbonyl (C=O) groups is 1. The summed E-state index contributed by atoms with van der Waals surface area (Å²) in [6.45, 7) is 3.46. The molecule has 0 aliphatic rings. The highest BCUT2D eigenvalue weighted by molar-refractivity contribution is 5.88. The molecular formula is C13H17N3O3. The number of furan rings is 1. The van der Waals surface area contributed by atoms with Crippen LogP contribution in [-0.2, 0) is 17.8 Å². The highest BCUT2D eigenvalue weighted by atomic mass is 16.5.